The number of para-hydroxylation sites is 2. The monoisotopic (exact) mass is 277 g/mol. The van der Waals surface area contributed by atoms with Gasteiger partial charge in [-0.3, -0.25) is 0 Å². The van der Waals surface area contributed by atoms with Crippen molar-refractivity contribution in [1.29, 1.82) is 0 Å². The summed E-state index contributed by atoms with van der Waals surface area (Å²) < 4.78 is 5.93. The lowest BCUT2D eigenvalue weighted by Gasteiger charge is -2.12. The number of ether oxygens (including phenoxy) is 1. The minimum Gasteiger partial charge on any atom is -0.457 e. The summed E-state index contributed by atoms with van der Waals surface area (Å²) in [6.45, 7) is 0. The van der Waals surface area contributed by atoms with Gasteiger partial charge >= 0.3 is 0 Å². The van der Waals surface area contributed by atoms with Crippen LogP contribution in [0.1, 0.15) is 0 Å². The first-order chi connectivity index (χ1) is 10.2. The molecule has 0 atom stereocenters. The molecule has 3 aromatic rings. The van der Waals surface area contributed by atoms with Crippen molar-refractivity contribution in [3.63, 3.8) is 0 Å². The number of nitrogens with zero attached hydrogens (tertiary/aromatic N) is 1. The van der Waals surface area contributed by atoms with Crippen molar-refractivity contribution in [2.75, 3.05) is 11.5 Å². The number of nitrogens with two attached hydrogens (primary N) is 2. The molecule has 1 aromatic heterocycles. The third-order valence-corrected chi connectivity index (χ3v) is 3.09. The summed E-state index contributed by atoms with van der Waals surface area (Å²) >= 11 is 0. The van der Waals surface area contributed by atoms with Gasteiger partial charge in [0.05, 0.1) is 0 Å². The second-order valence-electron chi connectivity index (χ2n) is 4.58. The number of nitrogen functional groups attached to an aromatic ring is 2. The molecule has 0 saturated carbocycles. The number of benzene rings is 2. The molecule has 4 heteroatoms. The summed E-state index contributed by atoms with van der Waals surface area (Å²) in [5, 5.41) is 0. The molecule has 0 fully saturated rings. The molecular weight excluding hydrogens is 262 g/mol. The van der Waals surface area contributed by atoms with Crippen LogP contribution >= 0.6 is 0 Å². The van der Waals surface area contributed by atoms with Gasteiger partial charge in [0.25, 0.3) is 0 Å². The van der Waals surface area contributed by atoms with E-state index in [1.807, 2.05) is 60.7 Å². The quantitative estimate of drug-likeness (QED) is 0.765. The Labute approximate surface area is 123 Å². The maximum Gasteiger partial charge on any atom is 0.135 e. The van der Waals surface area contributed by atoms with Gasteiger partial charge in [-0.2, -0.15) is 0 Å². The van der Waals surface area contributed by atoms with Crippen LogP contribution in [0, 0.1) is 0 Å². The van der Waals surface area contributed by atoms with Gasteiger partial charge in [-0.1, -0.05) is 36.4 Å². The van der Waals surface area contributed by atoms with Gasteiger partial charge in [-0.05, 0) is 30.3 Å². The van der Waals surface area contributed by atoms with Crippen LogP contribution in [0.25, 0.3) is 11.1 Å². The normalized spacial score (nSPS) is 10.3. The van der Waals surface area contributed by atoms with Crippen LogP contribution in [0.2, 0.25) is 0 Å². The number of anilines is 2. The predicted molar refractivity (Wildman–Crippen MR) is 85.0 cm³/mol. The summed E-state index contributed by atoms with van der Waals surface area (Å²) in [4.78, 5) is 4.10. The molecule has 2 aromatic carbocycles. The lowest BCUT2D eigenvalue weighted by atomic mass is 10.1. The predicted octanol–water partition coefficient (Wildman–Crippen LogP) is 3.71. The van der Waals surface area contributed by atoms with E-state index in [0.717, 1.165) is 22.6 Å². The van der Waals surface area contributed by atoms with E-state index in [9.17, 15) is 0 Å². The van der Waals surface area contributed by atoms with Gasteiger partial charge in [0.15, 0.2) is 0 Å². The molecule has 0 bridgehead atoms. The fourth-order valence-electron chi connectivity index (χ4n) is 2.11. The highest BCUT2D eigenvalue weighted by molar-refractivity contribution is 5.79. The van der Waals surface area contributed by atoms with Crippen LogP contribution in [0.4, 0.5) is 11.6 Å². The van der Waals surface area contributed by atoms with Crippen LogP contribution in [-0.2, 0) is 0 Å². The van der Waals surface area contributed by atoms with E-state index in [0.29, 0.717) is 11.6 Å². The van der Waals surface area contributed by atoms with E-state index in [-0.39, 0.29) is 0 Å². The Kier molecular flexibility index (Phi) is 3.43. The Hall–Kier alpha value is -3.01. The maximum absolute atomic E-state index is 5.97. The third-order valence-electron chi connectivity index (χ3n) is 3.09. The van der Waals surface area contributed by atoms with Crippen LogP contribution in [0.3, 0.4) is 0 Å². The Morgan fingerprint density at radius 2 is 1.43 bits per heavy atom. The zero-order valence-corrected chi connectivity index (χ0v) is 11.4. The topological polar surface area (TPSA) is 74.2 Å². The summed E-state index contributed by atoms with van der Waals surface area (Å²) in [6, 6.07) is 20.9. The van der Waals surface area contributed by atoms with Crippen molar-refractivity contribution in [3.05, 3.63) is 66.7 Å². The van der Waals surface area contributed by atoms with Crippen molar-refractivity contribution >= 4 is 11.6 Å². The Morgan fingerprint density at radius 1 is 0.714 bits per heavy atom. The average Bonchev–Trinajstić information content (AvgIpc) is 2.49. The van der Waals surface area contributed by atoms with Crippen LogP contribution in [-0.4, -0.2) is 4.98 Å². The molecule has 0 saturated heterocycles. The molecule has 1 heterocycles. The number of rotatable bonds is 3. The van der Waals surface area contributed by atoms with Gasteiger partial charge in [0.2, 0.25) is 0 Å². The molecule has 3 rings (SSSR count). The molecule has 0 amide bonds. The largest absolute Gasteiger partial charge is 0.457 e. The first-order valence-corrected chi connectivity index (χ1v) is 6.58. The molecular formula is C17H15N3O. The minimum atomic E-state index is 0.388. The van der Waals surface area contributed by atoms with E-state index in [1.165, 1.54) is 0 Å². The van der Waals surface area contributed by atoms with E-state index < -0.39 is 0 Å². The van der Waals surface area contributed by atoms with Crippen molar-refractivity contribution in [2.45, 2.75) is 0 Å². The van der Waals surface area contributed by atoms with Crippen LogP contribution in [0.15, 0.2) is 66.7 Å². The lowest BCUT2D eigenvalue weighted by molar-refractivity contribution is 0.484. The maximum atomic E-state index is 5.97. The molecule has 0 aliphatic carbocycles. The number of hydrogen-bond acceptors (Lipinski definition) is 4. The average molecular weight is 277 g/mol. The van der Waals surface area contributed by atoms with Crippen molar-refractivity contribution < 1.29 is 4.74 Å². The molecule has 104 valence electrons. The van der Waals surface area contributed by atoms with Gasteiger partial charge < -0.3 is 16.2 Å². The molecule has 4 N–H and O–H groups in total. The SMILES string of the molecule is Nc1ccc(-c2ccccc2Oc2ccccc2)c(N)n1. The molecule has 0 aliphatic heterocycles. The Morgan fingerprint density at radius 3 is 2.19 bits per heavy atom. The van der Waals surface area contributed by atoms with Gasteiger partial charge in [0.1, 0.15) is 23.1 Å². The number of pyridine rings is 1. The third kappa shape index (κ3) is 2.79. The van der Waals surface area contributed by atoms with Crippen LogP contribution < -0.4 is 16.2 Å². The van der Waals surface area contributed by atoms with E-state index >= 15 is 0 Å². The molecule has 0 spiro atoms. The van der Waals surface area contributed by atoms with E-state index in [4.69, 9.17) is 16.2 Å². The zero-order valence-electron chi connectivity index (χ0n) is 11.4. The Bertz CT molecular complexity index is 757. The molecule has 0 radical (unpaired) electrons. The summed E-state index contributed by atoms with van der Waals surface area (Å²) in [5.41, 5.74) is 13.3. The second-order valence-corrected chi connectivity index (χ2v) is 4.58. The zero-order chi connectivity index (χ0) is 14.7. The smallest absolute Gasteiger partial charge is 0.135 e. The number of aromatic nitrogens is 1. The first-order valence-electron chi connectivity index (χ1n) is 6.58. The van der Waals surface area contributed by atoms with Gasteiger partial charge in [-0.25, -0.2) is 4.98 Å². The van der Waals surface area contributed by atoms with Gasteiger partial charge in [0, 0.05) is 11.1 Å². The van der Waals surface area contributed by atoms with E-state index in [1.54, 1.807) is 6.07 Å². The van der Waals surface area contributed by atoms with Crippen molar-refractivity contribution in [1.82, 2.24) is 4.98 Å². The highest BCUT2D eigenvalue weighted by atomic mass is 16.5. The standard InChI is InChI=1S/C17H15N3O/c18-16-11-10-14(17(19)20-16)13-8-4-5-9-15(13)21-12-6-2-1-3-7-12/h1-11H,(H4,18,19,20). The van der Waals surface area contributed by atoms with Crippen molar-refractivity contribution in [2.24, 2.45) is 0 Å². The minimum absolute atomic E-state index is 0.388. The highest BCUT2D eigenvalue weighted by Gasteiger charge is 2.10. The van der Waals surface area contributed by atoms with Crippen molar-refractivity contribution in [3.8, 4) is 22.6 Å². The number of hydrogen-bond donors (Lipinski definition) is 2. The van der Waals surface area contributed by atoms with Crippen LogP contribution in [0.5, 0.6) is 11.5 Å². The molecule has 0 unspecified atom stereocenters. The van der Waals surface area contributed by atoms with Gasteiger partial charge in [-0.15, -0.1) is 0 Å². The summed E-state index contributed by atoms with van der Waals surface area (Å²) in [5.74, 6) is 2.28. The molecule has 21 heavy (non-hydrogen) atoms. The fraction of sp³-hybridized carbons (Fsp3) is 0. The first kappa shape index (κ1) is 13.0. The lowest BCUT2D eigenvalue weighted by Crippen LogP contribution is -1.99. The fourth-order valence-corrected chi connectivity index (χ4v) is 2.11. The molecule has 0 aliphatic rings. The Balaban J connectivity index is 2.03. The summed E-state index contributed by atoms with van der Waals surface area (Å²) in [7, 11) is 0. The molecule has 4 nitrogen and oxygen atoms in total. The highest BCUT2D eigenvalue weighted by Crippen LogP contribution is 2.35. The summed E-state index contributed by atoms with van der Waals surface area (Å²) in [6.07, 6.45) is 0. The van der Waals surface area contributed by atoms with E-state index in [2.05, 4.69) is 4.98 Å². The second kappa shape index (κ2) is 5.54.